The minimum Gasteiger partial charge on any atom is -0.481 e. The number of nitrogens with one attached hydrogen (secondary N) is 14. The van der Waals surface area contributed by atoms with Crippen LogP contribution in [0.5, 0.6) is 0 Å². The summed E-state index contributed by atoms with van der Waals surface area (Å²) in [7, 11) is 1.21. The number of alkyl carbamates (subject to hydrolysis) is 1. The molecule has 1 aliphatic carbocycles. The summed E-state index contributed by atoms with van der Waals surface area (Å²) >= 11 is 0. The van der Waals surface area contributed by atoms with Gasteiger partial charge >= 0.3 is 35.9 Å². The molecule has 1 fully saturated rings. The van der Waals surface area contributed by atoms with E-state index >= 15 is 0 Å². The van der Waals surface area contributed by atoms with Crippen LogP contribution in [-0.2, 0) is 112 Å². The fourth-order valence-corrected chi connectivity index (χ4v) is 13.6. The van der Waals surface area contributed by atoms with Crippen molar-refractivity contribution >= 4 is 153 Å². The molecule has 0 spiro atoms. The number of hydrogen-bond acceptors (Lipinski definition) is 27. The number of H-pyrrole nitrogens is 1. The smallest absolute Gasteiger partial charge is 0.407 e. The second kappa shape index (κ2) is 44.9. The van der Waals surface area contributed by atoms with Crippen LogP contribution in [-0.4, -0.2) is 275 Å². The maximum Gasteiger partial charge on any atom is 0.407 e. The summed E-state index contributed by atoms with van der Waals surface area (Å²) in [6.07, 6.45) is -10.4. The van der Waals surface area contributed by atoms with Gasteiger partial charge in [0.05, 0.1) is 68.7 Å². The maximum absolute atomic E-state index is 14.9. The Hall–Kier alpha value is -14.5. The van der Waals surface area contributed by atoms with Gasteiger partial charge in [-0.05, 0) is 90.3 Å². The van der Waals surface area contributed by atoms with E-state index in [1.54, 1.807) is 54.7 Å². The van der Waals surface area contributed by atoms with Crippen molar-refractivity contribution in [1.82, 2.24) is 74.1 Å². The van der Waals surface area contributed by atoms with Crippen LogP contribution in [0.4, 0.5) is 10.5 Å². The van der Waals surface area contributed by atoms with Crippen molar-refractivity contribution in [3.8, 4) is 11.1 Å². The largest absolute Gasteiger partial charge is 0.481 e. The lowest BCUT2D eigenvalue weighted by Crippen LogP contribution is -2.61. The Bertz CT molecular complexity index is 5130. The summed E-state index contributed by atoms with van der Waals surface area (Å²) in [5.74, 6) is -33.9. The summed E-state index contributed by atoms with van der Waals surface area (Å²) in [5, 5.41) is 77.8. The number of carbonyl (C=O) groups is 20. The van der Waals surface area contributed by atoms with E-state index in [0.717, 1.165) is 19.9 Å². The molecule has 7 rings (SSSR count). The minimum atomic E-state index is -4.72. The van der Waals surface area contributed by atoms with Gasteiger partial charge in [-0.3, -0.25) is 90.9 Å². The van der Waals surface area contributed by atoms with Crippen LogP contribution in [0.15, 0.2) is 102 Å². The average Bonchev–Trinajstić information content (AvgIpc) is 1.60. The van der Waals surface area contributed by atoms with E-state index in [9.17, 15) is 134 Å². The van der Waals surface area contributed by atoms with Crippen LogP contribution in [0.25, 0.3) is 22.0 Å². The highest BCUT2D eigenvalue weighted by molar-refractivity contribution is 7.85. The first-order valence-corrected chi connectivity index (χ1v) is 39.5. The Morgan fingerprint density at radius 1 is 0.608 bits per heavy atom. The Morgan fingerprint density at radius 2 is 1.18 bits per heavy atom. The fourth-order valence-electron chi connectivity index (χ4n) is 13.1. The molecule has 2 unspecified atom stereocenters. The summed E-state index contributed by atoms with van der Waals surface area (Å²) in [6.45, 7) is -2.97. The van der Waals surface area contributed by atoms with Crippen molar-refractivity contribution in [1.29, 1.82) is 0 Å². The van der Waals surface area contributed by atoms with Gasteiger partial charge in [-0.2, -0.15) is 8.42 Å². The molecule has 125 heavy (non-hydrogen) atoms. The highest BCUT2D eigenvalue weighted by Crippen LogP contribution is 2.45. The number of fused-ring (bicyclic) bond motifs is 4. The number of hydrogen-bond donors (Lipinski definition) is 23. The summed E-state index contributed by atoms with van der Waals surface area (Å²) in [6, 6.07) is 0.802. The first-order chi connectivity index (χ1) is 58.9. The molecule has 668 valence electrons. The van der Waals surface area contributed by atoms with Crippen LogP contribution in [0.1, 0.15) is 98.2 Å². The van der Waals surface area contributed by atoms with E-state index in [0.29, 0.717) is 38.7 Å². The van der Waals surface area contributed by atoms with E-state index in [1.165, 1.54) is 36.4 Å². The number of anilines is 1. The number of aromatic nitrogens is 1. The van der Waals surface area contributed by atoms with Crippen molar-refractivity contribution < 1.29 is 144 Å². The van der Waals surface area contributed by atoms with Crippen molar-refractivity contribution in [2.24, 2.45) is 17.4 Å². The topological polar surface area (TPSA) is 766 Å². The van der Waals surface area contributed by atoms with Crippen LogP contribution in [0.3, 0.4) is 0 Å². The van der Waals surface area contributed by atoms with Crippen LogP contribution in [0, 0.1) is 5.92 Å². The number of aliphatic carboxylic acids is 4. The second-order valence-corrected chi connectivity index (χ2v) is 30.1. The van der Waals surface area contributed by atoms with E-state index in [4.69, 9.17) is 34.5 Å². The molecule has 49 heteroatoms. The molecule has 1 aliphatic heterocycles. The Balaban J connectivity index is 1.26. The Morgan fingerprint density at radius 3 is 1.82 bits per heavy atom. The number of benzene rings is 4. The van der Waals surface area contributed by atoms with Crippen LogP contribution < -0.4 is 86.3 Å². The van der Waals surface area contributed by atoms with Crippen LogP contribution in [0.2, 0.25) is 0 Å². The van der Waals surface area contributed by atoms with E-state index < -0.39 is 302 Å². The number of para-hydroxylation sites is 2. The van der Waals surface area contributed by atoms with Crippen molar-refractivity contribution in [3.05, 3.63) is 119 Å². The quantitative estimate of drug-likeness (QED) is 0.00507. The molecule has 4 aromatic carbocycles. The molecule has 0 bridgehead atoms. The molecule has 5 aromatic rings. The summed E-state index contributed by atoms with van der Waals surface area (Å²) < 4.78 is 45.4. The average molecular weight is 1760 g/mol. The lowest BCUT2D eigenvalue weighted by atomic mass is 9.94. The Kier molecular flexibility index (Phi) is 35.1. The number of cyclic esters (lactones) is 1. The number of esters is 1. The van der Waals surface area contributed by atoms with E-state index in [2.05, 4.69) is 42.2 Å². The summed E-state index contributed by atoms with van der Waals surface area (Å²) in [4.78, 5) is 276. The standard InChI is InChI=1S/C76H90BN17O30S/c1-33(20-58(100)101)62-73(116)91-52(23-54(96)41-13-5-7-14-44(41)78)75(118)124-34(2)63(93-69(112)50(26-60(104)105)89-68(111)48(24-55(80)97)87-65(108)45(79)21-35-28-82-46-15-8-6-10-37(35)46)72(115)84-30-56(98)85-47(16-9-19-81-76(119)123-32-43-39-12-4-3-11-38(39)40-18-17-36(22-42(40)43)125(120,121)122)67(110)88-51(27-61(106)107)70(113)94-64(77)74(117)90-49(25-59(102)103)66(109)83-29-57(99)86-53(31-95)71(114)92-62/h3-8,10-15,17-18,22,28,33-34,43,45,47-53,62-64,82,95H,9,16,19-21,23-27,29-32,78-79H2,1-2H3,(H2,80,97)(H,81,119)(H,83,109)(H,84,115)(H,85,98)(H,86,99)(H,87,108)(H,88,110)(H,89,111)(H,90,117)(H,91,116)(H,92,114)(H,93,112)(H,94,113)(H,100,101)(H,102,103)(H,104,105)(H,106,107)(H,120,121,122)/t33-,34-,43?,45?,47+,48-,49+,50+,51+,52+,53-,62+,63+,64+/m1/s1. The van der Waals surface area contributed by atoms with Gasteiger partial charge in [0.2, 0.25) is 76.8 Å². The van der Waals surface area contributed by atoms with Gasteiger partial charge < -0.3 is 126 Å². The molecule has 14 atom stereocenters. The third-order valence-corrected chi connectivity index (χ3v) is 20.2. The van der Waals surface area contributed by atoms with Crippen LogP contribution >= 0.6 is 0 Å². The molecule has 2 heterocycles. The molecule has 0 saturated carbocycles. The number of aliphatic hydroxyl groups is 1. The van der Waals surface area contributed by atoms with Crippen molar-refractivity contribution in [2.75, 3.05) is 38.6 Å². The van der Waals surface area contributed by atoms with Gasteiger partial charge in [-0.15, -0.1) is 0 Å². The highest BCUT2D eigenvalue weighted by atomic mass is 32.2. The van der Waals surface area contributed by atoms with Gasteiger partial charge in [-0.1, -0.05) is 67.6 Å². The molecule has 14 amide bonds. The van der Waals surface area contributed by atoms with E-state index in [1.807, 2.05) is 31.9 Å². The van der Waals surface area contributed by atoms with E-state index in [-0.39, 0.29) is 17.7 Å². The molecular weight excluding hydrogens is 1670 g/mol. The molecule has 2 aliphatic rings. The predicted molar refractivity (Wildman–Crippen MR) is 428 cm³/mol. The monoisotopic (exact) mass is 1760 g/mol. The minimum absolute atomic E-state index is 0.179. The molecule has 47 nitrogen and oxygen atoms in total. The first-order valence-electron chi connectivity index (χ1n) is 38.0. The zero-order chi connectivity index (χ0) is 92.4. The van der Waals surface area contributed by atoms with Gasteiger partial charge in [-0.25, -0.2) is 9.59 Å². The SMILES string of the molecule is [B][C@H]1NC(=O)[C@H](CC(=O)O)NC(=O)[C@H](CCCNC(=O)OCC2c3ccccc3-c3ccc(S(=O)(=O)O)cc32)NC(=O)CNC(=O)[C@@H](NC(=O)[C@H](CC(=O)O)NC(=O)[C@@H](CC(N)=O)NC(=O)C(N)Cc2c[nH]c3ccccc23)[C@@H](C)OC(=O)[C@H](CC(=O)c2ccccc2N)NC(=O)[C@H]([C@H](C)CC(=O)O)NC(=O)[C@@H](CO)NC(=O)CNC(=O)[C@H](CC(=O)O)NC1=O. The van der Waals surface area contributed by atoms with Gasteiger partial charge in [0, 0.05) is 47.2 Å². The third kappa shape index (κ3) is 28.6. The second-order valence-electron chi connectivity index (χ2n) is 28.7. The third-order valence-electron chi connectivity index (χ3n) is 19.3. The number of aromatic amines is 1. The maximum atomic E-state index is 14.9. The number of ketones is 1. The number of carbonyl (C=O) groups excluding carboxylic acids is 16. The number of nitrogens with two attached hydrogens (primary N) is 3. The number of Topliss-reactive ketones (excluding diaryl/α,β-unsaturated/α-hetero) is 1. The van der Waals surface area contributed by atoms with Gasteiger partial charge in [0.15, 0.2) is 5.78 Å². The number of primary amides is 1. The van der Waals surface area contributed by atoms with Gasteiger partial charge in [0.1, 0.15) is 74.9 Å². The normalized spacial score (nSPS) is 21.3. The zero-order valence-electron chi connectivity index (χ0n) is 66.4. The number of carboxylic acid groups (broad SMARTS) is 4. The number of carboxylic acids is 4. The van der Waals surface area contributed by atoms with Crippen molar-refractivity contribution in [3.63, 3.8) is 0 Å². The first kappa shape index (κ1) is 97.6. The summed E-state index contributed by atoms with van der Waals surface area (Å²) in [5.41, 5.74) is 20.6. The Labute approximate surface area is 709 Å². The molecule has 1 aromatic heterocycles. The molecule has 2 radical (unpaired) electrons. The fraction of sp³-hybridized carbons (Fsp3) is 0.395. The number of nitrogen functional groups attached to an aromatic ring is 1. The molecular formula is C76H90BN17O30S. The molecule has 1 saturated heterocycles. The zero-order valence-corrected chi connectivity index (χ0v) is 67.2. The van der Waals surface area contributed by atoms with Gasteiger partial charge in [0.25, 0.3) is 10.1 Å². The highest BCUT2D eigenvalue weighted by Gasteiger charge is 2.42. The number of amides is 14. The van der Waals surface area contributed by atoms with Crippen molar-refractivity contribution in [2.45, 2.75) is 155 Å². The number of ether oxygens (including phenoxy) is 2. The number of aliphatic hydroxyl groups excluding tert-OH is 1. The predicted octanol–water partition coefficient (Wildman–Crippen LogP) is -6.99. The molecule has 26 N–H and O–H groups in total. The number of rotatable bonds is 30. The lowest BCUT2D eigenvalue weighted by molar-refractivity contribution is -0.156. The lowest BCUT2D eigenvalue weighted by Gasteiger charge is -2.30.